The number of pyridine rings is 1. The Bertz CT molecular complexity index is 1550. The standard InChI is InChI=1S/C32H33N5O3/c1-21-12-13-24-8-4-5-9-25(24)26(21)19-37-29-11-7-6-10-28(29)36(30(38)18-23-14-16-34-17-15-23)20-27(32(37)40)35-31(39)22(2)33-3/h4-17,22,27,33H,18-20H2,1-3H3,(H,35,39)/t22-,27-/m0/s1. The molecule has 0 aliphatic carbocycles. The molecule has 8 nitrogen and oxygen atoms in total. The number of aryl methyl sites for hydroxylation is 1. The number of amides is 3. The number of anilines is 2. The predicted molar refractivity (Wildman–Crippen MR) is 157 cm³/mol. The van der Waals surface area contributed by atoms with Crippen molar-refractivity contribution in [2.45, 2.75) is 38.9 Å². The van der Waals surface area contributed by atoms with Crippen LogP contribution in [0.1, 0.15) is 23.6 Å². The zero-order chi connectivity index (χ0) is 28.2. The van der Waals surface area contributed by atoms with Crippen molar-refractivity contribution in [1.82, 2.24) is 15.6 Å². The van der Waals surface area contributed by atoms with E-state index in [4.69, 9.17) is 0 Å². The van der Waals surface area contributed by atoms with E-state index in [-0.39, 0.29) is 30.7 Å². The van der Waals surface area contributed by atoms with Crippen LogP contribution in [0.15, 0.2) is 85.2 Å². The molecule has 2 atom stereocenters. The minimum Gasteiger partial charge on any atom is -0.341 e. The Hall–Kier alpha value is -4.56. The number of hydrogen-bond donors (Lipinski definition) is 2. The number of carbonyl (C=O) groups is 3. The fourth-order valence-corrected chi connectivity index (χ4v) is 5.10. The van der Waals surface area contributed by atoms with Gasteiger partial charge in [0.15, 0.2) is 0 Å². The number of rotatable bonds is 7. The van der Waals surface area contributed by atoms with Crippen LogP contribution in [-0.2, 0) is 27.3 Å². The van der Waals surface area contributed by atoms with E-state index in [2.05, 4.69) is 39.9 Å². The summed E-state index contributed by atoms with van der Waals surface area (Å²) in [6, 6.07) is 21.8. The first-order chi connectivity index (χ1) is 19.4. The van der Waals surface area contributed by atoms with E-state index in [1.54, 1.807) is 48.3 Å². The van der Waals surface area contributed by atoms with Gasteiger partial charge in [-0.15, -0.1) is 0 Å². The lowest BCUT2D eigenvalue weighted by Gasteiger charge is -2.27. The molecule has 0 radical (unpaired) electrons. The van der Waals surface area contributed by atoms with E-state index in [0.717, 1.165) is 27.5 Å². The minimum atomic E-state index is -0.938. The molecule has 8 heteroatoms. The maximum absolute atomic E-state index is 14.3. The van der Waals surface area contributed by atoms with Gasteiger partial charge in [-0.2, -0.15) is 0 Å². The van der Waals surface area contributed by atoms with Gasteiger partial charge in [-0.3, -0.25) is 19.4 Å². The van der Waals surface area contributed by atoms with E-state index in [1.165, 1.54) is 0 Å². The van der Waals surface area contributed by atoms with Gasteiger partial charge in [-0.1, -0.05) is 48.5 Å². The molecule has 3 aromatic carbocycles. The summed E-state index contributed by atoms with van der Waals surface area (Å²) >= 11 is 0. The van der Waals surface area contributed by atoms with E-state index in [1.807, 2.05) is 43.3 Å². The van der Waals surface area contributed by atoms with Crippen LogP contribution in [0.2, 0.25) is 0 Å². The zero-order valence-corrected chi connectivity index (χ0v) is 22.9. The van der Waals surface area contributed by atoms with Crippen molar-refractivity contribution in [2.24, 2.45) is 0 Å². The summed E-state index contributed by atoms with van der Waals surface area (Å²) in [5.41, 5.74) is 4.16. The monoisotopic (exact) mass is 535 g/mol. The molecular weight excluding hydrogens is 502 g/mol. The van der Waals surface area contributed by atoms with Gasteiger partial charge in [-0.05, 0) is 72.6 Å². The van der Waals surface area contributed by atoms with Gasteiger partial charge in [0.05, 0.1) is 36.9 Å². The van der Waals surface area contributed by atoms with Gasteiger partial charge in [0.25, 0.3) is 5.91 Å². The van der Waals surface area contributed by atoms with Crippen molar-refractivity contribution in [2.75, 3.05) is 23.4 Å². The third kappa shape index (κ3) is 5.44. The fraction of sp³-hybridized carbons (Fsp3) is 0.250. The molecule has 1 aromatic heterocycles. The largest absolute Gasteiger partial charge is 0.341 e. The summed E-state index contributed by atoms with van der Waals surface area (Å²) in [7, 11) is 1.69. The first-order valence-electron chi connectivity index (χ1n) is 13.4. The van der Waals surface area contributed by atoms with Gasteiger partial charge in [0.1, 0.15) is 6.04 Å². The number of aromatic nitrogens is 1. The minimum absolute atomic E-state index is 0.0208. The Morgan fingerprint density at radius 3 is 2.42 bits per heavy atom. The lowest BCUT2D eigenvalue weighted by Crippen LogP contribution is -2.55. The number of likely N-dealkylation sites (N-methyl/N-ethyl adjacent to an activating group) is 1. The molecule has 0 spiro atoms. The van der Waals surface area contributed by atoms with E-state index >= 15 is 0 Å². The predicted octanol–water partition coefficient (Wildman–Crippen LogP) is 3.76. The molecule has 1 aliphatic heterocycles. The Kier molecular flexibility index (Phi) is 7.89. The van der Waals surface area contributed by atoms with Crippen molar-refractivity contribution in [3.05, 3.63) is 102 Å². The summed E-state index contributed by atoms with van der Waals surface area (Å²) < 4.78 is 0. The molecule has 3 amide bonds. The molecule has 2 heterocycles. The van der Waals surface area contributed by atoms with Crippen LogP contribution in [0.25, 0.3) is 10.8 Å². The van der Waals surface area contributed by atoms with E-state index in [9.17, 15) is 14.4 Å². The molecule has 0 saturated heterocycles. The molecular formula is C32H33N5O3. The Labute approximate surface area is 234 Å². The average molecular weight is 536 g/mol. The summed E-state index contributed by atoms with van der Waals surface area (Å²) in [5.74, 6) is -0.749. The number of para-hydroxylation sites is 2. The first-order valence-corrected chi connectivity index (χ1v) is 13.4. The van der Waals surface area contributed by atoms with Gasteiger partial charge in [-0.25, -0.2) is 0 Å². The van der Waals surface area contributed by atoms with Crippen LogP contribution in [0.5, 0.6) is 0 Å². The van der Waals surface area contributed by atoms with Crippen LogP contribution in [0, 0.1) is 6.92 Å². The van der Waals surface area contributed by atoms with Crippen LogP contribution in [0.3, 0.4) is 0 Å². The van der Waals surface area contributed by atoms with Crippen LogP contribution < -0.4 is 20.4 Å². The summed E-state index contributed by atoms with van der Waals surface area (Å²) in [4.78, 5) is 48.4. The second kappa shape index (κ2) is 11.7. The smallest absolute Gasteiger partial charge is 0.251 e. The van der Waals surface area contributed by atoms with Gasteiger partial charge < -0.3 is 20.4 Å². The molecule has 0 fully saturated rings. The highest BCUT2D eigenvalue weighted by molar-refractivity contribution is 6.08. The quantitative estimate of drug-likeness (QED) is 0.376. The van der Waals surface area contributed by atoms with E-state index in [0.29, 0.717) is 17.9 Å². The lowest BCUT2D eigenvalue weighted by atomic mass is 9.99. The highest BCUT2D eigenvalue weighted by Gasteiger charge is 2.37. The maximum Gasteiger partial charge on any atom is 0.251 e. The number of carbonyl (C=O) groups excluding carboxylic acids is 3. The molecule has 40 heavy (non-hydrogen) atoms. The highest BCUT2D eigenvalue weighted by atomic mass is 16.2. The number of benzene rings is 3. The number of nitrogens with zero attached hydrogens (tertiary/aromatic N) is 3. The molecule has 0 saturated carbocycles. The summed E-state index contributed by atoms with van der Waals surface area (Å²) in [6.07, 6.45) is 3.44. The third-order valence-corrected chi connectivity index (χ3v) is 7.53. The third-order valence-electron chi connectivity index (χ3n) is 7.53. The SMILES string of the molecule is CN[C@@H](C)C(=O)N[C@H]1CN(C(=O)Cc2ccncc2)c2ccccc2N(Cc2c(C)ccc3ccccc23)C1=O. The molecule has 204 valence electrons. The van der Waals surface area contributed by atoms with Crippen molar-refractivity contribution in [3.8, 4) is 0 Å². The Morgan fingerprint density at radius 1 is 0.975 bits per heavy atom. The van der Waals surface area contributed by atoms with Crippen molar-refractivity contribution < 1.29 is 14.4 Å². The van der Waals surface area contributed by atoms with Crippen molar-refractivity contribution in [1.29, 1.82) is 0 Å². The fourth-order valence-electron chi connectivity index (χ4n) is 5.10. The number of nitrogens with one attached hydrogen (secondary N) is 2. The number of hydrogen-bond acceptors (Lipinski definition) is 5. The van der Waals surface area contributed by atoms with E-state index < -0.39 is 12.1 Å². The van der Waals surface area contributed by atoms with Gasteiger partial charge in [0.2, 0.25) is 11.8 Å². The highest BCUT2D eigenvalue weighted by Crippen LogP contribution is 2.36. The number of fused-ring (bicyclic) bond motifs is 2. The van der Waals surface area contributed by atoms with Crippen molar-refractivity contribution >= 4 is 39.9 Å². The molecule has 1 aliphatic rings. The molecule has 4 aromatic rings. The normalized spacial score (nSPS) is 15.9. The topological polar surface area (TPSA) is 94.6 Å². The lowest BCUT2D eigenvalue weighted by molar-refractivity contribution is -0.128. The molecule has 2 N–H and O–H groups in total. The molecule has 0 unspecified atom stereocenters. The Balaban J connectivity index is 1.60. The first kappa shape index (κ1) is 27.0. The van der Waals surface area contributed by atoms with Crippen LogP contribution in [-0.4, -0.2) is 48.4 Å². The van der Waals surface area contributed by atoms with Crippen LogP contribution in [0.4, 0.5) is 11.4 Å². The average Bonchev–Trinajstić information content (AvgIpc) is 3.09. The van der Waals surface area contributed by atoms with Gasteiger partial charge >= 0.3 is 0 Å². The van der Waals surface area contributed by atoms with Crippen molar-refractivity contribution in [3.63, 3.8) is 0 Å². The molecule has 5 rings (SSSR count). The maximum atomic E-state index is 14.3. The second-order valence-electron chi connectivity index (χ2n) is 10.1. The summed E-state index contributed by atoms with van der Waals surface area (Å²) in [6.45, 7) is 4.08. The molecule has 0 bridgehead atoms. The Morgan fingerprint density at radius 2 is 1.68 bits per heavy atom. The summed E-state index contributed by atoms with van der Waals surface area (Å²) in [5, 5.41) is 7.98. The van der Waals surface area contributed by atoms with Gasteiger partial charge in [0, 0.05) is 12.4 Å². The second-order valence-corrected chi connectivity index (χ2v) is 10.1. The van der Waals surface area contributed by atoms with Crippen LogP contribution >= 0.6 is 0 Å². The zero-order valence-electron chi connectivity index (χ0n) is 22.9.